The summed E-state index contributed by atoms with van der Waals surface area (Å²) in [6.45, 7) is 14.0. The molecule has 0 amide bonds. The lowest BCUT2D eigenvalue weighted by molar-refractivity contribution is 0.660. The summed E-state index contributed by atoms with van der Waals surface area (Å²) in [5.74, 6) is 3.23. The van der Waals surface area contributed by atoms with Gasteiger partial charge in [-0.3, -0.25) is 13.7 Å². The van der Waals surface area contributed by atoms with Crippen LogP contribution >= 0.6 is 0 Å². The van der Waals surface area contributed by atoms with Crippen molar-refractivity contribution in [2.45, 2.75) is 57.8 Å². The Morgan fingerprint density at radius 2 is 0.354 bits per heavy atom. The molecule has 0 bridgehead atoms. The van der Waals surface area contributed by atoms with Gasteiger partial charge in [0.15, 0.2) is 11.6 Å². The molecule has 0 atom stereocenters. The quantitative estimate of drug-likeness (QED) is 0.113. The molecule has 144 heavy (non-hydrogen) atoms. The topological polar surface area (TPSA) is 105 Å². The smallest absolute Gasteiger partial charge is 0.238 e. The van der Waals surface area contributed by atoms with Crippen LogP contribution in [0.25, 0.3) is 229 Å². The average molecular weight is 1850 g/mol. The highest BCUT2D eigenvalue weighted by Crippen LogP contribution is 2.55. The lowest BCUT2D eigenvalue weighted by atomic mass is 9.82. The molecule has 0 N–H and O–H groups in total. The summed E-state index contributed by atoms with van der Waals surface area (Å²) in [5, 5.41) is 7.18. The molecule has 3 aliphatic rings. The third kappa shape index (κ3) is 14.7. The third-order valence-electron chi connectivity index (χ3n) is 30.0. The number of benzene rings is 19. The molecule has 3 aliphatic carbocycles. The number of hydrogen-bond acceptors (Lipinski definition) is 7. The van der Waals surface area contributed by atoms with Crippen LogP contribution in [0.5, 0.6) is 0 Å². The highest BCUT2D eigenvalue weighted by Gasteiger charge is 2.40. The molecule has 6 aromatic heterocycles. The Hall–Kier alpha value is -18.3. The van der Waals surface area contributed by atoms with Gasteiger partial charge in [0, 0.05) is 81.9 Å². The normalized spacial score (nSPS) is 13.1. The van der Waals surface area contributed by atoms with Crippen molar-refractivity contribution >= 4 is 65.4 Å². The zero-order valence-electron chi connectivity index (χ0n) is 80.5. The zero-order chi connectivity index (χ0) is 96.5. The van der Waals surface area contributed by atoms with E-state index in [1.165, 1.54) is 138 Å². The Morgan fingerprint density at radius 3 is 0.646 bits per heavy atom. The minimum absolute atomic E-state index is 0.111. The zero-order valence-corrected chi connectivity index (χ0v) is 80.5. The van der Waals surface area contributed by atoms with Crippen molar-refractivity contribution in [2.24, 2.45) is 0 Å². The highest BCUT2D eigenvalue weighted by atomic mass is 15.2. The Kier molecular flexibility index (Phi) is 20.7. The molecule has 6 heterocycles. The van der Waals surface area contributed by atoms with Gasteiger partial charge in [0.25, 0.3) is 0 Å². The van der Waals surface area contributed by atoms with Gasteiger partial charge in [-0.1, -0.05) is 448 Å². The van der Waals surface area contributed by atoms with Gasteiger partial charge in [0.2, 0.25) is 17.8 Å². The number of aromatic nitrogens is 10. The van der Waals surface area contributed by atoms with E-state index in [0.29, 0.717) is 29.5 Å². The van der Waals surface area contributed by atoms with Crippen molar-refractivity contribution < 1.29 is 0 Å². The van der Waals surface area contributed by atoms with Gasteiger partial charge >= 0.3 is 0 Å². The summed E-state index contributed by atoms with van der Waals surface area (Å²) in [4.78, 5) is 36.5. The SMILES string of the molecule is CC1(C)c2ccccc2-c2cc3c4ccccc4n(-c4nc(-c5ccccc5)cc(-c5ccc(-c6ccc(-c7ccccc7)cc6)cc5)n4)c3cc21.CC1(C)c2ccccc2-c2cc3c4ccccc4n(-c4nc(-c5ccccc5)cc(-c5ccc(-c6ccccc6)cc5)n4)c3cc21.CC1(C)c2ccccc2-c2cc3c4ccccc4n(-c4nc(-c5ccccc5)nc(-c5ccc(-c6ccccc6)cc5)n4)c3cc21. The maximum atomic E-state index is 5.34. The lowest BCUT2D eigenvalue weighted by Crippen LogP contribution is -2.15. The summed E-state index contributed by atoms with van der Waals surface area (Å²) in [7, 11) is 0. The first kappa shape index (κ1) is 86.1. The van der Waals surface area contributed by atoms with Crippen molar-refractivity contribution in [3.63, 3.8) is 0 Å². The van der Waals surface area contributed by atoms with Crippen LogP contribution in [0.4, 0.5) is 0 Å². The number of para-hydroxylation sites is 3. The molecule has 0 saturated heterocycles. The first-order valence-electron chi connectivity index (χ1n) is 49.5. The van der Waals surface area contributed by atoms with Crippen molar-refractivity contribution in [2.75, 3.05) is 0 Å². The van der Waals surface area contributed by atoms with Crippen LogP contribution in [-0.2, 0) is 16.2 Å². The predicted octanol–water partition coefficient (Wildman–Crippen LogP) is 33.7. The number of hydrogen-bond donors (Lipinski definition) is 0. The van der Waals surface area contributed by atoms with E-state index in [9.17, 15) is 0 Å². The van der Waals surface area contributed by atoms with E-state index in [0.717, 1.165) is 94.8 Å². The molecule has 682 valence electrons. The minimum Gasteiger partial charge on any atom is -0.278 e. The van der Waals surface area contributed by atoms with Crippen LogP contribution in [0, 0.1) is 0 Å². The van der Waals surface area contributed by atoms with Gasteiger partial charge in [-0.05, 0) is 178 Å². The summed E-state index contributed by atoms with van der Waals surface area (Å²) in [5.41, 5.74) is 41.4. The van der Waals surface area contributed by atoms with Gasteiger partial charge in [-0.15, -0.1) is 0 Å². The monoisotopic (exact) mass is 1840 g/mol. The Bertz CT molecular complexity index is 8990. The molecule has 0 saturated carbocycles. The molecule has 0 radical (unpaired) electrons. The second-order valence-corrected chi connectivity index (χ2v) is 39.5. The molecule has 0 fully saturated rings. The number of rotatable bonds is 13. The van der Waals surface area contributed by atoms with E-state index >= 15 is 0 Å². The summed E-state index contributed by atoms with van der Waals surface area (Å²) in [6.07, 6.45) is 0. The van der Waals surface area contributed by atoms with Crippen molar-refractivity contribution in [1.29, 1.82) is 0 Å². The maximum Gasteiger partial charge on any atom is 0.238 e. The molecular formula is C134H96N10. The fraction of sp³-hybridized carbons (Fsp3) is 0.0672. The summed E-state index contributed by atoms with van der Waals surface area (Å²) in [6, 6.07) is 168. The first-order valence-corrected chi connectivity index (χ1v) is 49.5. The van der Waals surface area contributed by atoms with Gasteiger partial charge in [0.1, 0.15) is 0 Å². The van der Waals surface area contributed by atoms with Crippen LogP contribution in [-0.4, -0.2) is 48.6 Å². The molecule has 10 heteroatoms. The van der Waals surface area contributed by atoms with Crippen molar-refractivity contribution in [1.82, 2.24) is 48.6 Å². The average Bonchev–Trinajstić information content (AvgIpc) is 1.56. The largest absolute Gasteiger partial charge is 0.278 e. The fourth-order valence-electron chi connectivity index (χ4n) is 22.5. The Balaban J connectivity index is 0.000000110. The van der Waals surface area contributed by atoms with Gasteiger partial charge < -0.3 is 0 Å². The molecule has 0 unspecified atom stereocenters. The van der Waals surface area contributed by atoms with E-state index in [1.54, 1.807) is 0 Å². The van der Waals surface area contributed by atoms with E-state index < -0.39 is 0 Å². The highest BCUT2D eigenvalue weighted by molar-refractivity contribution is 6.14. The first-order chi connectivity index (χ1) is 70.6. The fourth-order valence-corrected chi connectivity index (χ4v) is 22.5. The second kappa shape index (κ2) is 34.7. The van der Waals surface area contributed by atoms with E-state index in [2.05, 4.69) is 486 Å². The summed E-state index contributed by atoms with van der Waals surface area (Å²) >= 11 is 0. The van der Waals surface area contributed by atoms with Gasteiger partial charge in [-0.2, -0.15) is 9.97 Å². The maximum absolute atomic E-state index is 5.34. The molecule has 10 nitrogen and oxygen atoms in total. The van der Waals surface area contributed by atoms with Gasteiger partial charge in [0.05, 0.1) is 55.9 Å². The Morgan fingerprint density at radius 1 is 0.146 bits per heavy atom. The van der Waals surface area contributed by atoms with E-state index in [1.807, 2.05) is 42.5 Å². The molecule has 0 spiro atoms. The van der Waals surface area contributed by atoms with Crippen LogP contribution in [0.2, 0.25) is 0 Å². The lowest BCUT2D eigenvalue weighted by Gasteiger charge is -2.21. The molecular weight excluding hydrogens is 1750 g/mol. The predicted molar refractivity (Wildman–Crippen MR) is 594 cm³/mol. The van der Waals surface area contributed by atoms with Crippen LogP contribution in [0.3, 0.4) is 0 Å². The molecule has 25 aromatic rings. The molecule has 28 rings (SSSR count). The van der Waals surface area contributed by atoms with Gasteiger partial charge in [-0.25, -0.2) is 24.9 Å². The number of fused-ring (bicyclic) bond motifs is 18. The van der Waals surface area contributed by atoms with Crippen LogP contribution < -0.4 is 0 Å². The standard InChI is InChI=1S/C49H35N3.C43H31N3.C42H30N4/c1-49(2)42-19-11-9-17-38(42)40-29-41-39-18-10-12-20-46(39)52(47(41)30-43(40)49)48-50-44(36-15-7-4-8-16-36)31-45(51-48)37-27-25-35(26-28-37)34-23-21-33(22-24-34)32-13-5-3-6-14-32;1-43(2)36-19-11-9-17-32(36)34-25-35-33-18-10-12-20-40(33)46(41(35)26-37(34)43)42-44-38(30-15-7-4-8-16-30)27-39(45-42)31-23-21-29(22-24-31)28-13-5-3-6-14-28;1-42(2)35-19-11-9-17-31(35)33-25-34-32-18-10-12-20-37(32)46(38(34)26-36(33)42)41-44-39(29-15-7-4-8-16-29)43-40(45-41)30-23-21-28(22-24-30)27-13-5-3-6-14-27/h3-31H,1-2H3;3-27H,1-2H3;3-26H,1-2H3. The third-order valence-corrected chi connectivity index (χ3v) is 30.0. The minimum atomic E-state index is -0.124. The van der Waals surface area contributed by atoms with E-state index in [-0.39, 0.29) is 16.2 Å². The van der Waals surface area contributed by atoms with Crippen LogP contribution in [0.15, 0.2) is 473 Å². The number of nitrogens with zero attached hydrogens (tertiary/aromatic N) is 10. The van der Waals surface area contributed by atoms with Crippen LogP contribution in [0.1, 0.15) is 74.9 Å². The second-order valence-electron chi connectivity index (χ2n) is 39.5. The molecule has 0 aliphatic heterocycles. The summed E-state index contributed by atoms with van der Waals surface area (Å²) < 4.78 is 6.75. The Labute approximate surface area is 836 Å². The van der Waals surface area contributed by atoms with Crippen molar-refractivity contribution in [3.8, 4) is 164 Å². The van der Waals surface area contributed by atoms with E-state index in [4.69, 9.17) is 34.9 Å². The molecule has 19 aromatic carbocycles. The van der Waals surface area contributed by atoms with Crippen molar-refractivity contribution in [3.05, 3.63) is 507 Å².